The summed E-state index contributed by atoms with van der Waals surface area (Å²) in [6.45, 7) is 3.67. The van der Waals surface area contributed by atoms with Gasteiger partial charge in [0.15, 0.2) is 0 Å². The van der Waals surface area contributed by atoms with Gasteiger partial charge < -0.3 is 10.6 Å². The molecule has 0 aliphatic heterocycles. The number of thiophene rings is 1. The van der Waals surface area contributed by atoms with E-state index in [1.807, 2.05) is 23.9 Å². The minimum Gasteiger partial charge on any atom is -0.369 e. The first-order valence-corrected chi connectivity index (χ1v) is 8.24. The van der Waals surface area contributed by atoms with Gasteiger partial charge >= 0.3 is 0 Å². The summed E-state index contributed by atoms with van der Waals surface area (Å²) in [6, 6.07) is 2.06. The molecule has 0 amide bonds. The molecule has 3 rings (SSSR count). The summed E-state index contributed by atoms with van der Waals surface area (Å²) in [6.07, 6.45) is 2.74. The van der Waals surface area contributed by atoms with Gasteiger partial charge in [-0.2, -0.15) is 4.98 Å². The molecule has 0 saturated carbocycles. The summed E-state index contributed by atoms with van der Waals surface area (Å²) in [4.78, 5) is 14.3. The van der Waals surface area contributed by atoms with Gasteiger partial charge in [0.05, 0.1) is 10.4 Å². The summed E-state index contributed by atoms with van der Waals surface area (Å²) in [5.41, 5.74) is 0. The molecule has 3 heterocycles. The monoisotopic (exact) mass is 305 g/mol. The lowest BCUT2D eigenvalue weighted by atomic mass is 10.3. The van der Waals surface area contributed by atoms with Crippen LogP contribution in [-0.4, -0.2) is 28.0 Å². The lowest BCUT2D eigenvalue weighted by Gasteiger charge is -2.08. The van der Waals surface area contributed by atoms with Crippen molar-refractivity contribution in [1.29, 1.82) is 0 Å². The molecule has 0 spiro atoms. The van der Waals surface area contributed by atoms with E-state index >= 15 is 0 Å². The van der Waals surface area contributed by atoms with Crippen LogP contribution in [0.25, 0.3) is 10.2 Å². The van der Waals surface area contributed by atoms with Crippen LogP contribution in [0.5, 0.6) is 0 Å². The molecule has 0 bridgehead atoms. The molecule has 0 radical (unpaired) electrons. The Morgan fingerprint density at radius 2 is 2.10 bits per heavy atom. The Morgan fingerprint density at radius 1 is 1.15 bits per heavy atom. The Labute approximate surface area is 125 Å². The second-order valence-corrected chi connectivity index (χ2v) is 6.04. The van der Waals surface area contributed by atoms with Crippen LogP contribution in [0.4, 0.5) is 11.8 Å². The zero-order chi connectivity index (χ0) is 13.8. The van der Waals surface area contributed by atoms with Crippen molar-refractivity contribution in [2.24, 2.45) is 0 Å². The SMILES string of the molecule is CCNc1nc(NCCc2nccs2)c2ccsc2n1. The summed E-state index contributed by atoms with van der Waals surface area (Å²) < 4.78 is 0. The summed E-state index contributed by atoms with van der Waals surface area (Å²) in [7, 11) is 0. The molecule has 20 heavy (non-hydrogen) atoms. The van der Waals surface area contributed by atoms with E-state index in [-0.39, 0.29) is 0 Å². The molecule has 0 aliphatic carbocycles. The molecule has 7 heteroatoms. The number of thiazole rings is 1. The Bertz CT molecular complexity index is 677. The largest absolute Gasteiger partial charge is 0.369 e. The van der Waals surface area contributed by atoms with E-state index in [0.717, 1.165) is 40.6 Å². The number of anilines is 2. The van der Waals surface area contributed by atoms with Gasteiger partial charge in [-0.15, -0.1) is 22.7 Å². The highest BCUT2D eigenvalue weighted by Crippen LogP contribution is 2.26. The molecule has 0 saturated heterocycles. The average molecular weight is 305 g/mol. The predicted octanol–water partition coefficient (Wildman–Crippen LogP) is 3.23. The number of hydrogen-bond acceptors (Lipinski definition) is 7. The fourth-order valence-corrected chi connectivity index (χ4v) is 3.28. The molecule has 0 unspecified atom stereocenters. The lowest BCUT2D eigenvalue weighted by molar-refractivity contribution is 0.986. The number of aromatic nitrogens is 3. The molecule has 0 fully saturated rings. The minimum atomic E-state index is 0.680. The van der Waals surface area contributed by atoms with Gasteiger partial charge in [0, 0.05) is 31.1 Å². The first kappa shape index (κ1) is 13.3. The third kappa shape index (κ3) is 2.88. The average Bonchev–Trinajstić information content (AvgIpc) is 3.09. The van der Waals surface area contributed by atoms with Crippen molar-refractivity contribution < 1.29 is 0 Å². The summed E-state index contributed by atoms with van der Waals surface area (Å²) in [5.74, 6) is 1.57. The molecule has 0 aliphatic rings. The Morgan fingerprint density at radius 3 is 2.90 bits per heavy atom. The fourth-order valence-electron chi connectivity index (χ4n) is 1.89. The Balaban J connectivity index is 1.76. The van der Waals surface area contributed by atoms with Crippen molar-refractivity contribution in [3.05, 3.63) is 28.0 Å². The fraction of sp³-hybridized carbons (Fsp3) is 0.308. The quantitative estimate of drug-likeness (QED) is 0.732. The molecule has 0 aromatic carbocycles. The van der Waals surface area contributed by atoms with Crippen LogP contribution in [0.1, 0.15) is 11.9 Å². The maximum absolute atomic E-state index is 4.54. The number of nitrogens with one attached hydrogen (secondary N) is 2. The van der Waals surface area contributed by atoms with Gasteiger partial charge in [0.25, 0.3) is 0 Å². The zero-order valence-corrected chi connectivity index (χ0v) is 12.7. The van der Waals surface area contributed by atoms with E-state index in [1.165, 1.54) is 0 Å². The summed E-state index contributed by atoms with van der Waals surface area (Å²) >= 11 is 3.31. The standard InChI is InChI=1S/C13H15N5S2/c1-2-14-13-17-11(9-4-7-20-12(9)18-13)16-5-3-10-15-6-8-19-10/h4,6-8H,2-3,5H2,1H3,(H2,14,16,17,18). The Hall–Kier alpha value is -1.73. The third-order valence-corrected chi connectivity index (χ3v) is 4.42. The molecule has 0 atom stereocenters. The highest BCUT2D eigenvalue weighted by molar-refractivity contribution is 7.16. The number of fused-ring (bicyclic) bond motifs is 1. The van der Waals surface area contributed by atoms with Crippen LogP contribution >= 0.6 is 22.7 Å². The van der Waals surface area contributed by atoms with Gasteiger partial charge in [-0.05, 0) is 18.4 Å². The number of hydrogen-bond donors (Lipinski definition) is 2. The van der Waals surface area contributed by atoms with E-state index in [4.69, 9.17) is 0 Å². The van der Waals surface area contributed by atoms with Gasteiger partial charge in [-0.25, -0.2) is 9.97 Å². The van der Waals surface area contributed by atoms with Crippen molar-refractivity contribution in [2.45, 2.75) is 13.3 Å². The normalized spacial score (nSPS) is 10.8. The van der Waals surface area contributed by atoms with Gasteiger partial charge in [0.2, 0.25) is 5.95 Å². The van der Waals surface area contributed by atoms with Crippen molar-refractivity contribution in [1.82, 2.24) is 15.0 Å². The maximum atomic E-state index is 4.54. The summed E-state index contributed by atoms with van der Waals surface area (Å²) in [5, 5.41) is 12.8. The van der Waals surface area contributed by atoms with Gasteiger partial charge in [-0.3, -0.25) is 0 Å². The van der Waals surface area contributed by atoms with Crippen LogP contribution in [0.2, 0.25) is 0 Å². The van der Waals surface area contributed by atoms with Crippen molar-refractivity contribution in [3.63, 3.8) is 0 Å². The Kier molecular flexibility index (Phi) is 4.08. The van der Waals surface area contributed by atoms with E-state index in [0.29, 0.717) is 5.95 Å². The van der Waals surface area contributed by atoms with Crippen molar-refractivity contribution >= 4 is 44.7 Å². The molecule has 3 aromatic rings. The van der Waals surface area contributed by atoms with E-state index in [9.17, 15) is 0 Å². The molecule has 104 valence electrons. The van der Waals surface area contributed by atoms with Crippen molar-refractivity contribution in [3.8, 4) is 0 Å². The smallest absolute Gasteiger partial charge is 0.226 e. The molecule has 2 N–H and O–H groups in total. The third-order valence-electron chi connectivity index (χ3n) is 2.77. The highest BCUT2D eigenvalue weighted by Gasteiger charge is 2.08. The topological polar surface area (TPSA) is 62.7 Å². The van der Waals surface area contributed by atoms with Crippen LogP contribution in [0.15, 0.2) is 23.0 Å². The second-order valence-electron chi connectivity index (χ2n) is 4.17. The lowest BCUT2D eigenvalue weighted by Crippen LogP contribution is -2.09. The maximum Gasteiger partial charge on any atom is 0.226 e. The molecule has 5 nitrogen and oxygen atoms in total. The van der Waals surface area contributed by atoms with E-state index < -0.39 is 0 Å². The molecular formula is C13H15N5S2. The number of nitrogens with zero attached hydrogens (tertiary/aromatic N) is 3. The van der Waals surface area contributed by atoms with E-state index in [2.05, 4.69) is 31.7 Å². The van der Waals surface area contributed by atoms with Crippen LogP contribution < -0.4 is 10.6 Å². The predicted molar refractivity (Wildman–Crippen MR) is 85.9 cm³/mol. The van der Waals surface area contributed by atoms with Gasteiger partial charge in [0.1, 0.15) is 10.6 Å². The number of rotatable bonds is 6. The van der Waals surface area contributed by atoms with Gasteiger partial charge in [-0.1, -0.05) is 0 Å². The molecular weight excluding hydrogens is 290 g/mol. The van der Waals surface area contributed by atoms with E-state index in [1.54, 1.807) is 22.7 Å². The first-order chi connectivity index (χ1) is 9.86. The first-order valence-electron chi connectivity index (χ1n) is 6.48. The van der Waals surface area contributed by atoms with Crippen LogP contribution in [0, 0.1) is 0 Å². The van der Waals surface area contributed by atoms with Crippen molar-refractivity contribution in [2.75, 3.05) is 23.7 Å². The van der Waals surface area contributed by atoms with Crippen LogP contribution in [0.3, 0.4) is 0 Å². The zero-order valence-electron chi connectivity index (χ0n) is 11.1. The second kappa shape index (κ2) is 6.15. The minimum absolute atomic E-state index is 0.680. The highest BCUT2D eigenvalue weighted by atomic mass is 32.1. The van der Waals surface area contributed by atoms with Crippen LogP contribution in [-0.2, 0) is 6.42 Å². The molecule has 3 aromatic heterocycles.